The van der Waals surface area contributed by atoms with Crippen molar-refractivity contribution < 1.29 is 9.53 Å². The third-order valence-electron chi connectivity index (χ3n) is 3.77. The molecular weight excluding hydrogens is 384 g/mol. The Hall–Kier alpha value is -2.08. The molecule has 0 radical (unpaired) electrons. The second-order valence-electron chi connectivity index (χ2n) is 5.73. The Morgan fingerprint density at radius 3 is 2.88 bits per heavy atom. The van der Waals surface area contributed by atoms with Gasteiger partial charge in [-0.3, -0.25) is 9.59 Å². The van der Waals surface area contributed by atoms with Crippen molar-refractivity contribution in [3.8, 4) is 5.75 Å². The van der Waals surface area contributed by atoms with Crippen molar-refractivity contribution >= 4 is 21.8 Å². The Balaban J connectivity index is 1.63. The third-order valence-corrected chi connectivity index (χ3v) is 4.24. The number of ether oxygens (including phenoxy) is 1. The number of carbonyl (C=O) groups is 1. The topological polar surface area (TPSA) is 60.3 Å². The molecule has 0 unspecified atom stereocenters. The second-order valence-corrected chi connectivity index (χ2v) is 6.64. The molecule has 134 valence electrons. The minimum absolute atomic E-state index is 0.0122. The highest BCUT2D eigenvalue weighted by atomic mass is 79.9. The summed E-state index contributed by atoms with van der Waals surface area (Å²) >= 11 is 3.35. The summed E-state index contributed by atoms with van der Waals surface area (Å²) in [5.74, 6) is 0.574. The molecule has 0 atom stereocenters. The van der Waals surface area contributed by atoms with Crippen LogP contribution in [0.15, 0.2) is 51.9 Å². The van der Waals surface area contributed by atoms with E-state index >= 15 is 0 Å². The number of rotatable bonds is 9. The number of nitrogens with zero attached hydrogens (tertiary/aromatic N) is 1. The van der Waals surface area contributed by atoms with Crippen LogP contribution in [0.3, 0.4) is 0 Å². The summed E-state index contributed by atoms with van der Waals surface area (Å²) in [6, 6.07) is 11.0. The van der Waals surface area contributed by atoms with E-state index in [4.69, 9.17) is 4.74 Å². The number of pyridine rings is 1. The molecule has 0 bridgehead atoms. The summed E-state index contributed by atoms with van der Waals surface area (Å²) in [5, 5.41) is 2.83. The summed E-state index contributed by atoms with van der Waals surface area (Å²) in [6.45, 7) is 3.29. The number of amides is 1. The molecule has 0 saturated carbocycles. The van der Waals surface area contributed by atoms with Gasteiger partial charge in [0.1, 0.15) is 5.75 Å². The van der Waals surface area contributed by atoms with Crippen molar-refractivity contribution in [1.29, 1.82) is 0 Å². The SMILES string of the molecule is CCc1cccc(OCC(=O)NCCCCn2cc(Br)ccc2=O)c1. The van der Waals surface area contributed by atoms with E-state index in [1.807, 2.05) is 24.3 Å². The van der Waals surface area contributed by atoms with Gasteiger partial charge in [0.2, 0.25) is 0 Å². The fraction of sp³-hybridized carbons (Fsp3) is 0.368. The van der Waals surface area contributed by atoms with Gasteiger partial charge in [-0.05, 0) is 59.0 Å². The fourth-order valence-electron chi connectivity index (χ4n) is 2.37. The molecule has 0 aliphatic rings. The number of carbonyl (C=O) groups excluding carboxylic acids is 1. The van der Waals surface area contributed by atoms with Crippen LogP contribution in [0.25, 0.3) is 0 Å². The minimum Gasteiger partial charge on any atom is -0.484 e. The monoisotopic (exact) mass is 406 g/mol. The van der Waals surface area contributed by atoms with Crippen molar-refractivity contribution in [2.24, 2.45) is 0 Å². The Morgan fingerprint density at radius 1 is 1.24 bits per heavy atom. The van der Waals surface area contributed by atoms with Gasteiger partial charge in [0.05, 0.1) is 0 Å². The van der Waals surface area contributed by atoms with Crippen molar-refractivity contribution in [3.63, 3.8) is 0 Å². The average molecular weight is 407 g/mol. The molecule has 1 N–H and O–H groups in total. The molecule has 6 heteroatoms. The quantitative estimate of drug-likeness (QED) is 0.650. The van der Waals surface area contributed by atoms with E-state index < -0.39 is 0 Å². The number of unbranched alkanes of at least 4 members (excludes halogenated alkanes) is 1. The van der Waals surface area contributed by atoms with Gasteiger partial charge < -0.3 is 14.6 Å². The molecule has 1 heterocycles. The van der Waals surface area contributed by atoms with Gasteiger partial charge in [-0.2, -0.15) is 0 Å². The summed E-state index contributed by atoms with van der Waals surface area (Å²) < 4.78 is 8.04. The van der Waals surface area contributed by atoms with E-state index in [9.17, 15) is 9.59 Å². The first kappa shape index (κ1) is 19.2. The lowest BCUT2D eigenvalue weighted by Gasteiger charge is -2.09. The first-order valence-corrected chi connectivity index (χ1v) is 9.22. The molecular formula is C19H23BrN2O3. The highest BCUT2D eigenvalue weighted by Crippen LogP contribution is 2.13. The largest absolute Gasteiger partial charge is 0.484 e. The zero-order valence-corrected chi connectivity index (χ0v) is 15.9. The van der Waals surface area contributed by atoms with Gasteiger partial charge in [-0.25, -0.2) is 0 Å². The fourth-order valence-corrected chi connectivity index (χ4v) is 2.75. The van der Waals surface area contributed by atoms with Crippen LogP contribution in [0.1, 0.15) is 25.3 Å². The van der Waals surface area contributed by atoms with E-state index in [-0.39, 0.29) is 18.1 Å². The van der Waals surface area contributed by atoms with Crippen LogP contribution in [0.4, 0.5) is 0 Å². The Bertz CT molecular complexity index is 758. The van der Waals surface area contributed by atoms with Crippen LogP contribution >= 0.6 is 15.9 Å². The summed E-state index contributed by atoms with van der Waals surface area (Å²) in [5.41, 5.74) is 1.16. The minimum atomic E-state index is -0.137. The Kier molecular flexibility index (Phi) is 7.73. The van der Waals surface area contributed by atoms with Gasteiger partial charge in [-0.15, -0.1) is 0 Å². The van der Waals surface area contributed by atoms with Gasteiger partial charge in [-0.1, -0.05) is 19.1 Å². The predicted octanol–water partition coefficient (Wildman–Crippen LogP) is 3.15. The lowest BCUT2D eigenvalue weighted by molar-refractivity contribution is -0.123. The lowest BCUT2D eigenvalue weighted by atomic mass is 10.2. The maximum atomic E-state index is 11.8. The van der Waals surface area contributed by atoms with Crippen LogP contribution in [-0.4, -0.2) is 23.6 Å². The lowest BCUT2D eigenvalue weighted by Crippen LogP contribution is -2.30. The molecule has 2 aromatic rings. The van der Waals surface area contributed by atoms with Crippen LogP contribution in [0, 0.1) is 0 Å². The van der Waals surface area contributed by atoms with Gasteiger partial charge in [0.25, 0.3) is 11.5 Å². The molecule has 5 nitrogen and oxygen atoms in total. The zero-order chi connectivity index (χ0) is 18.1. The van der Waals surface area contributed by atoms with E-state index in [0.717, 1.165) is 23.7 Å². The van der Waals surface area contributed by atoms with Gasteiger partial charge in [0, 0.05) is 29.8 Å². The maximum absolute atomic E-state index is 11.8. The molecule has 2 rings (SSSR count). The van der Waals surface area contributed by atoms with Crippen LogP contribution in [0.5, 0.6) is 5.75 Å². The van der Waals surface area contributed by atoms with E-state index in [1.165, 1.54) is 11.6 Å². The van der Waals surface area contributed by atoms with Crippen molar-refractivity contribution in [2.75, 3.05) is 13.2 Å². The van der Waals surface area contributed by atoms with Crippen LogP contribution in [-0.2, 0) is 17.8 Å². The molecule has 0 aliphatic heterocycles. The Labute approximate surface area is 156 Å². The highest BCUT2D eigenvalue weighted by Gasteiger charge is 2.03. The first-order chi connectivity index (χ1) is 12.1. The molecule has 1 aromatic heterocycles. The van der Waals surface area contributed by atoms with Crippen molar-refractivity contribution in [1.82, 2.24) is 9.88 Å². The van der Waals surface area contributed by atoms with E-state index in [2.05, 4.69) is 28.2 Å². The highest BCUT2D eigenvalue weighted by molar-refractivity contribution is 9.10. The number of hydrogen-bond donors (Lipinski definition) is 1. The zero-order valence-electron chi connectivity index (χ0n) is 14.3. The van der Waals surface area contributed by atoms with Crippen molar-refractivity contribution in [3.05, 3.63) is 63.0 Å². The third kappa shape index (κ3) is 6.74. The molecule has 1 amide bonds. The van der Waals surface area contributed by atoms with Crippen LogP contribution < -0.4 is 15.6 Å². The molecule has 1 aromatic carbocycles. The number of aromatic nitrogens is 1. The van der Waals surface area contributed by atoms with E-state index in [0.29, 0.717) is 18.8 Å². The number of halogens is 1. The normalized spacial score (nSPS) is 10.5. The predicted molar refractivity (Wildman–Crippen MR) is 102 cm³/mol. The first-order valence-electron chi connectivity index (χ1n) is 8.43. The average Bonchev–Trinajstić information content (AvgIpc) is 2.62. The maximum Gasteiger partial charge on any atom is 0.257 e. The Morgan fingerprint density at radius 2 is 2.08 bits per heavy atom. The number of aryl methyl sites for hydroxylation is 2. The number of hydrogen-bond acceptors (Lipinski definition) is 3. The number of benzene rings is 1. The smallest absolute Gasteiger partial charge is 0.257 e. The number of nitrogens with one attached hydrogen (secondary N) is 1. The molecule has 0 fully saturated rings. The second kappa shape index (κ2) is 10.0. The van der Waals surface area contributed by atoms with E-state index in [1.54, 1.807) is 16.8 Å². The summed E-state index contributed by atoms with van der Waals surface area (Å²) in [4.78, 5) is 23.5. The van der Waals surface area contributed by atoms with Crippen LogP contribution in [0.2, 0.25) is 0 Å². The molecule has 0 aliphatic carbocycles. The summed E-state index contributed by atoms with van der Waals surface area (Å²) in [6.07, 6.45) is 4.33. The van der Waals surface area contributed by atoms with Gasteiger partial charge >= 0.3 is 0 Å². The standard InChI is InChI=1S/C19H23BrN2O3/c1-2-15-6-5-7-17(12-15)25-14-18(23)21-10-3-4-11-22-13-16(20)8-9-19(22)24/h5-9,12-13H,2-4,10-11,14H2,1H3,(H,21,23). The molecule has 0 spiro atoms. The molecule has 25 heavy (non-hydrogen) atoms. The van der Waals surface area contributed by atoms with Gasteiger partial charge in [0.15, 0.2) is 6.61 Å². The van der Waals surface area contributed by atoms with Crippen molar-refractivity contribution in [2.45, 2.75) is 32.7 Å². The molecule has 0 saturated heterocycles. The summed E-state index contributed by atoms with van der Waals surface area (Å²) in [7, 11) is 0.